The summed E-state index contributed by atoms with van der Waals surface area (Å²) in [5.74, 6) is -1.51. The Labute approximate surface area is 116 Å². The van der Waals surface area contributed by atoms with Gasteiger partial charge in [-0.2, -0.15) is 0 Å². The zero-order chi connectivity index (χ0) is 13.8. The standard InChI is InChI=1S/C15H13ClO3/c16-12-7-5-10(6-8-12)13(15(18)19)9-11-3-1-2-4-14(11)17/h1-8,13,17H,9H2,(H,18,19). The summed E-state index contributed by atoms with van der Waals surface area (Å²) in [5, 5.41) is 19.6. The first-order valence-corrected chi connectivity index (χ1v) is 6.21. The van der Waals surface area contributed by atoms with Crippen LogP contribution in [0.25, 0.3) is 0 Å². The Hall–Kier alpha value is -2.00. The molecule has 0 amide bonds. The van der Waals surface area contributed by atoms with Gasteiger partial charge in [-0.1, -0.05) is 41.9 Å². The van der Waals surface area contributed by atoms with E-state index < -0.39 is 11.9 Å². The highest BCUT2D eigenvalue weighted by Crippen LogP contribution is 2.26. The van der Waals surface area contributed by atoms with E-state index in [2.05, 4.69) is 0 Å². The summed E-state index contributed by atoms with van der Waals surface area (Å²) in [5.41, 5.74) is 1.28. The van der Waals surface area contributed by atoms with E-state index in [1.165, 1.54) is 0 Å². The van der Waals surface area contributed by atoms with E-state index in [4.69, 9.17) is 11.6 Å². The first-order valence-electron chi connectivity index (χ1n) is 5.83. The minimum atomic E-state index is -0.925. The van der Waals surface area contributed by atoms with E-state index in [9.17, 15) is 15.0 Å². The lowest BCUT2D eigenvalue weighted by atomic mass is 9.92. The van der Waals surface area contributed by atoms with Crippen molar-refractivity contribution in [2.45, 2.75) is 12.3 Å². The van der Waals surface area contributed by atoms with Crippen LogP contribution in [0.2, 0.25) is 5.02 Å². The zero-order valence-corrected chi connectivity index (χ0v) is 10.8. The number of hydrogen-bond donors (Lipinski definition) is 2. The number of aliphatic carboxylic acids is 1. The van der Waals surface area contributed by atoms with Gasteiger partial charge in [-0.05, 0) is 35.7 Å². The van der Waals surface area contributed by atoms with E-state index in [1.807, 2.05) is 0 Å². The van der Waals surface area contributed by atoms with Crippen LogP contribution in [0, 0.1) is 0 Å². The van der Waals surface area contributed by atoms with Gasteiger partial charge in [0.05, 0.1) is 5.92 Å². The van der Waals surface area contributed by atoms with Crippen molar-refractivity contribution in [1.82, 2.24) is 0 Å². The zero-order valence-electron chi connectivity index (χ0n) is 10.1. The Bertz CT molecular complexity index is 578. The number of rotatable bonds is 4. The van der Waals surface area contributed by atoms with Crippen LogP contribution in [0.15, 0.2) is 48.5 Å². The van der Waals surface area contributed by atoms with Crippen molar-refractivity contribution in [2.75, 3.05) is 0 Å². The summed E-state index contributed by atoms with van der Waals surface area (Å²) in [6.07, 6.45) is 0.240. The van der Waals surface area contributed by atoms with Crippen molar-refractivity contribution in [3.8, 4) is 5.75 Å². The maximum absolute atomic E-state index is 11.4. The highest BCUT2D eigenvalue weighted by atomic mass is 35.5. The maximum atomic E-state index is 11.4. The van der Waals surface area contributed by atoms with Crippen molar-refractivity contribution in [3.05, 3.63) is 64.7 Å². The molecule has 0 fully saturated rings. The molecule has 2 aromatic rings. The van der Waals surface area contributed by atoms with Gasteiger partial charge in [0.15, 0.2) is 0 Å². The topological polar surface area (TPSA) is 57.5 Å². The summed E-state index contributed by atoms with van der Waals surface area (Å²) in [6, 6.07) is 13.5. The fourth-order valence-electron chi connectivity index (χ4n) is 1.95. The molecule has 1 unspecified atom stereocenters. The van der Waals surface area contributed by atoms with E-state index >= 15 is 0 Å². The molecule has 0 saturated carbocycles. The van der Waals surface area contributed by atoms with Gasteiger partial charge in [0.25, 0.3) is 0 Å². The van der Waals surface area contributed by atoms with Crippen molar-refractivity contribution in [1.29, 1.82) is 0 Å². The molecule has 3 nitrogen and oxygen atoms in total. The molecule has 0 aliphatic carbocycles. The lowest BCUT2D eigenvalue weighted by Crippen LogP contribution is -2.14. The van der Waals surface area contributed by atoms with Gasteiger partial charge in [0, 0.05) is 5.02 Å². The molecule has 4 heteroatoms. The van der Waals surface area contributed by atoms with Crippen molar-refractivity contribution in [3.63, 3.8) is 0 Å². The Morgan fingerprint density at radius 1 is 1.11 bits per heavy atom. The minimum Gasteiger partial charge on any atom is -0.508 e. The summed E-state index contributed by atoms with van der Waals surface area (Å²) < 4.78 is 0. The average molecular weight is 277 g/mol. The van der Waals surface area contributed by atoms with E-state index in [0.29, 0.717) is 16.1 Å². The Balaban J connectivity index is 2.29. The Kier molecular flexibility index (Phi) is 4.07. The van der Waals surface area contributed by atoms with Crippen molar-refractivity contribution < 1.29 is 15.0 Å². The molecule has 0 heterocycles. The summed E-state index contributed by atoms with van der Waals surface area (Å²) in [6.45, 7) is 0. The molecule has 19 heavy (non-hydrogen) atoms. The molecule has 2 aromatic carbocycles. The molecule has 1 atom stereocenters. The molecule has 0 spiro atoms. The molecule has 0 aliphatic heterocycles. The van der Waals surface area contributed by atoms with Crippen LogP contribution in [0.4, 0.5) is 0 Å². The van der Waals surface area contributed by atoms with Gasteiger partial charge in [-0.3, -0.25) is 4.79 Å². The number of phenolic OH excluding ortho intramolecular Hbond substituents is 1. The number of carboxylic acids is 1. The molecule has 0 saturated heterocycles. The van der Waals surface area contributed by atoms with Gasteiger partial charge in [-0.15, -0.1) is 0 Å². The normalized spacial score (nSPS) is 12.1. The number of para-hydroxylation sites is 1. The maximum Gasteiger partial charge on any atom is 0.311 e. The first-order chi connectivity index (χ1) is 9.08. The number of aromatic hydroxyl groups is 1. The van der Waals surface area contributed by atoms with Crippen LogP contribution in [0.3, 0.4) is 0 Å². The van der Waals surface area contributed by atoms with Crippen molar-refractivity contribution in [2.24, 2.45) is 0 Å². The van der Waals surface area contributed by atoms with E-state index in [0.717, 1.165) is 0 Å². The van der Waals surface area contributed by atoms with Crippen LogP contribution in [-0.4, -0.2) is 16.2 Å². The Morgan fingerprint density at radius 2 is 1.74 bits per heavy atom. The molecule has 0 aromatic heterocycles. The summed E-state index contributed by atoms with van der Waals surface area (Å²) in [4.78, 5) is 11.4. The number of phenols is 1. The minimum absolute atomic E-state index is 0.114. The molecular formula is C15H13ClO3. The summed E-state index contributed by atoms with van der Waals surface area (Å²) >= 11 is 5.79. The van der Waals surface area contributed by atoms with Crippen LogP contribution < -0.4 is 0 Å². The van der Waals surface area contributed by atoms with E-state index in [1.54, 1.807) is 48.5 Å². The van der Waals surface area contributed by atoms with Gasteiger partial charge >= 0.3 is 5.97 Å². The summed E-state index contributed by atoms with van der Waals surface area (Å²) in [7, 11) is 0. The molecule has 98 valence electrons. The number of benzene rings is 2. The fourth-order valence-corrected chi connectivity index (χ4v) is 2.07. The molecule has 0 bridgehead atoms. The fraction of sp³-hybridized carbons (Fsp3) is 0.133. The second kappa shape index (κ2) is 5.76. The molecule has 2 N–H and O–H groups in total. The van der Waals surface area contributed by atoms with Crippen LogP contribution in [-0.2, 0) is 11.2 Å². The Morgan fingerprint density at radius 3 is 2.32 bits per heavy atom. The molecule has 0 aliphatic rings. The van der Waals surface area contributed by atoms with Gasteiger partial charge in [-0.25, -0.2) is 0 Å². The smallest absolute Gasteiger partial charge is 0.311 e. The predicted molar refractivity (Wildman–Crippen MR) is 73.6 cm³/mol. The van der Waals surface area contributed by atoms with Gasteiger partial charge in [0.1, 0.15) is 5.75 Å². The second-order valence-electron chi connectivity index (χ2n) is 4.28. The third-order valence-corrected chi connectivity index (χ3v) is 3.24. The first kappa shape index (κ1) is 13.4. The van der Waals surface area contributed by atoms with E-state index in [-0.39, 0.29) is 12.2 Å². The third kappa shape index (κ3) is 3.26. The number of carbonyl (C=O) groups is 1. The number of halogens is 1. The highest BCUT2D eigenvalue weighted by molar-refractivity contribution is 6.30. The quantitative estimate of drug-likeness (QED) is 0.899. The van der Waals surface area contributed by atoms with Crippen LogP contribution >= 0.6 is 11.6 Å². The van der Waals surface area contributed by atoms with Crippen LogP contribution in [0.1, 0.15) is 17.0 Å². The largest absolute Gasteiger partial charge is 0.508 e. The molecule has 0 radical (unpaired) electrons. The lowest BCUT2D eigenvalue weighted by molar-refractivity contribution is -0.138. The molecule has 2 rings (SSSR count). The third-order valence-electron chi connectivity index (χ3n) is 2.99. The number of hydrogen-bond acceptors (Lipinski definition) is 2. The van der Waals surface area contributed by atoms with Crippen molar-refractivity contribution >= 4 is 17.6 Å². The SMILES string of the molecule is O=C(O)C(Cc1ccccc1O)c1ccc(Cl)cc1. The predicted octanol–water partition coefficient (Wildman–Crippen LogP) is 3.46. The number of carboxylic acid groups (broad SMARTS) is 1. The molecular weight excluding hydrogens is 264 g/mol. The van der Waals surface area contributed by atoms with Gasteiger partial charge in [0.2, 0.25) is 0 Å². The van der Waals surface area contributed by atoms with Gasteiger partial charge < -0.3 is 10.2 Å². The lowest BCUT2D eigenvalue weighted by Gasteiger charge is -2.13. The monoisotopic (exact) mass is 276 g/mol. The second-order valence-corrected chi connectivity index (χ2v) is 4.71. The average Bonchev–Trinajstić information content (AvgIpc) is 2.39. The van der Waals surface area contributed by atoms with Crippen LogP contribution in [0.5, 0.6) is 5.75 Å². The highest BCUT2D eigenvalue weighted by Gasteiger charge is 2.21.